The maximum absolute atomic E-state index is 12.7. The number of aryl methyl sites for hydroxylation is 2. The van der Waals surface area contributed by atoms with Crippen molar-refractivity contribution in [3.8, 4) is 5.75 Å². The first kappa shape index (κ1) is 13.4. The fourth-order valence-corrected chi connectivity index (χ4v) is 2.20. The van der Waals surface area contributed by atoms with Crippen LogP contribution in [0.3, 0.4) is 0 Å². The van der Waals surface area contributed by atoms with Crippen molar-refractivity contribution in [1.82, 2.24) is 4.98 Å². The van der Waals surface area contributed by atoms with Gasteiger partial charge in [0.2, 0.25) is 5.78 Å². The zero-order valence-corrected chi connectivity index (χ0v) is 12.0. The Balaban J connectivity index is 2.55. The normalized spacial score (nSPS) is 10.6. The van der Waals surface area contributed by atoms with E-state index in [9.17, 15) is 4.79 Å². The predicted octanol–water partition coefficient (Wildman–Crippen LogP) is 3.49. The number of hydrogen-bond acceptors (Lipinski definition) is 2. The fourth-order valence-electron chi connectivity index (χ4n) is 2.20. The smallest absolute Gasteiger partial charge is 0.213 e. The van der Waals surface area contributed by atoms with E-state index < -0.39 is 0 Å². The highest BCUT2D eigenvalue weighted by atomic mass is 16.5. The summed E-state index contributed by atoms with van der Waals surface area (Å²) < 4.78 is 5.29. The van der Waals surface area contributed by atoms with Gasteiger partial charge in [-0.05, 0) is 51.0 Å². The molecule has 2 aromatic rings. The molecule has 1 aromatic carbocycles. The van der Waals surface area contributed by atoms with E-state index in [1.807, 2.05) is 45.9 Å². The van der Waals surface area contributed by atoms with Crippen LogP contribution in [0, 0.1) is 27.7 Å². The van der Waals surface area contributed by atoms with E-state index in [4.69, 9.17) is 4.74 Å². The van der Waals surface area contributed by atoms with Crippen LogP contribution in [0.5, 0.6) is 5.75 Å². The summed E-state index contributed by atoms with van der Waals surface area (Å²) in [6.45, 7) is 7.93. The number of hydrogen-bond donors (Lipinski definition) is 1. The molecular formula is C16H19NO2. The highest BCUT2D eigenvalue weighted by Gasteiger charge is 2.20. The number of H-pyrrole nitrogens is 1. The van der Waals surface area contributed by atoms with Crippen LogP contribution in [0.15, 0.2) is 18.2 Å². The zero-order chi connectivity index (χ0) is 14.2. The number of aromatic nitrogens is 1. The van der Waals surface area contributed by atoms with Gasteiger partial charge < -0.3 is 9.72 Å². The fraction of sp³-hybridized carbons (Fsp3) is 0.312. The van der Waals surface area contributed by atoms with Crippen molar-refractivity contribution in [2.24, 2.45) is 0 Å². The standard InChI is InChI=1S/C16H19NO2/c1-9-6-7-14(19-5)13(8-9)16(18)15-11(3)10(2)12(4)17-15/h6-8,17H,1-5H3. The molecule has 0 spiro atoms. The van der Waals surface area contributed by atoms with Crippen LogP contribution in [0.25, 0.3) is 0 Å². The largest absolute Gasteiger partial charge is 0.496 e. The quantitative estimate of drug-likeness (QED) is 0.855. The summed E-state index contributed by atoms with van der Waals surface area (Å²) in [5.74, 6) is 0.592. The van der Waals surface area contributed by atoms with Gasteiger partial charge in [0.25, 0.3) is 0 Å². The monoisotopic (exact) mass is 257 g/mol. The number of methoxy groups -OCH3 is 1. The van der Waals surface area contributed by atoms with E-state index in [-0.39, 0.29) is 5.78 Å². The Kier molecular flexibility index (Phi) is 3.47. The van der Waals surface area contributed by atoms with Gasteiger partial charge in [-0.2, -0.15) is 0 Å². The van der Waals surface area contributed by atoms with Gasteiger partial charge in [-0.25, -0.2) is 0 Å². The van der Waals surface area contributed by atoms with E-state index in [0.29, 0.717) is 17.0 Å². The molecule has 0 aliphatic carbocycles. The van der Waals surface area contributed by atoms with Gasteiger partial charge in [-0.15, -0.1) is 0 Å². The van der Waals surface area contributed by atoms with Crippen LogP contribution < -0.4 is 4.74 Å². The third-order valence-electron chi connectivity index (χ3n) is 3.64. The Hall–Kier alpha value is -2.03. The van der Waals surface area contributed by atoms with Crippen molar-refractivity contribution in [2.45, 2.75) is 27.7 Å². The molecule has 0 saturated carbocycles. The molecule has 0 aliphatic rings. The number of ketones is 1. The van der Waals surface area contributed by atoms with Gasteiger partial charge in [0.15, 0.2) is 0 Å². The molecule has 0 bridgehead atoms. The lowest BCUT2D eigenvalue weighted by atomic mass is 10.0. The molecule has 0 saturated heterocycles. The zero-order valence-electron chi connectivity index (χ0n) is 12.0. The summed E-state index contributed by atoms with van der Waals surface area (Å²) in [6.07, 6.45) is 0. The van der Waals surface area contributed by atoms with Crippen LogP contribution in [0.4, 0.5) is 0 Å². The van der Waals surface area contributed by atoms with Crippen molar-refractivity contribution in [3.63, 3.8) is 0 Å². The molecule has 1 aromatic heterocycles. The van der Waals surface area contributed by atoms with Gasteiger partial charge in [0.05, 0.1) is 18.4 Å². The molecule has 2 rings (SSSR count). The maximum Gasteiger partial charge on any atom is 0.213 e. The number of carbonyl (C=O) groups excluding carboxylic acids is 1. The van der Waals surface area contributed by atoms with E-state index in [0.717, 1.165) is 22.4 Å². The molecule has 3 nitrogen and oxygen atoms in total. The molecule has 1 N–H and O–H groups in total. The van der Waals surface area contributed by atoms with Gasteiger partial charge in [-0.3, -0.25) is 4.79 Å². The second kappa shape index (κ2) is 4.92. The highest BCUT2D eigenvalue weighted by molar-refractivity contribution is 6.10. The first-order chi connectivity index (χ1) is 8.95. The molecule has 19 heavy (non-hydrogen) atoms. The Morgan fingerprint density at radius 3 is 2.32 bits per heavy atom. The lowest BCUT2D eigenvalue weighted by Crippen LogP contribution is -2.06. The first-order valence-corrected chi connectivity index (χ1v) is 6.30. The van der Waals surface area contributed by atoms with Crippen molar-refractivity contribution in [1.29, 1.82) is 0 Å². The third kappa shape index (κ3) is 2.28. The van der Waals surface area contributed by atoms with Crippen LogP contribution in [-0.4, -0.2) is 17.9 Å². The minimum absolute atomic E-state index is 0.0192. The minimum atomic E-state index is -0.0192. The molecule has 0 atom stereocenters. The SMILES string of the molecule is COc1ccc(C)cc1C(=O)c1[nH]c(C)c(C)c1C. The number of benzene rings is 1. The molecule has 0 radical (unpaired) electrons. The molecule has 1 heterocycles. The molecule has 0 aliphatic heterocycles. The van der Waals surface area contributed by atoms with E-state index in [1.54, 1.807) is 7.11 Å². The van der Waals surface area contributed by atoms with Crippen molar-refractivity contribution in [2.75, 3.05) is 7.11 Å². The number of carbonyl (C=O) groups is 1. The Morgan fingerprint density at radius 1 is 1.11 bits per heavy atom. The van der Waals surface area contributed by atoms with E-state index >= 15 is 0 Å². The third-order valence-corrected chi connectivity index (χ3v) is 3.64. The summed E-state index contributed by atoms with van der Waals surface area (Å²) in [5, 5.41) is 0. The topological polar surface area (TPSA) is 42.1 Å². The average molecular weight is 257 g/mol. The molecule has 0 unspecified atom stereocenters. The Bertz CT molecular complexity index is 638. The molecular weight excluding hydrogens is 238 g/mol. The first-order valence-electron chi connectivity index (χ1n) is 6.30. The van der Waals surface area contributed by atoms with Gasteiger partial charge in [0.1, 0.15) is 5.75 Å². The molecule has 100 valence electrons. The van der Waals surface area contributed by atoms with E-state index in [2.05, 4.69) is 4.98 Å². The van der Waals surface area contributed by atoms with Gasteiger partial charge >= 0.3 is 0 Å². The second-order valence-corrected chi connectivity index (χ2v) is 4.91. The van der Waals surface area contributed by atoms with Gasteiger partial charge in [0, 0.05) is 5.69 Å². The molecule has 0 fully saturated rings. The lowest BCUT2D eigenvalue weighted by molar-refractivity contribution is 0.103. The van der Waals surface area contributed by atoms with Crippen LogP contribution in [0.2, 0.25) is 0 Å². The second-order valence-electron chi connectivity index (χ2n) is 4.91. The summed E-state index contributed by atoms with van der Waals surface area (Å²) in [4.78, 5) is 15.8. The Morgan fingerprint density at radius 2 is 1.79 bits per heavy atom. The molecule has 0 amide bonds. The number of rotatable bonds is 3. The number of nitrogens with one attached hydrogen (secondary N) is 1. The minimum Gasteiger partial charge on any atom is -0.496 e. The van der Waals surface area contributed by atoms with Crippen LogP contribution in [0.1, 0.15) is 38.4 Å². The molecule has 3 heteroatoms. The van der Waals surface area contributed by atoms with Crippen LogP contribution in [-0.2, 0) is 0 Å². The van der Waals surface area contributed by atoms with Gasteiger partial charge in [-0.1, -0.05) is 11.6 Å². The van der Waals surface area contributed by atoms with Crippen molar-refractivity contribution < 1.29 is 9.53 Å². The lowest BCUT2D eigenvalue weighted by Gasteiger charge is -2.08. The average Bonchev–Trinajstić information content (AvgIpc) is 2.65. The van der Waals surface area contributed by atoms with Crippen molar-refractivity contribution in [3.05, 3.63) is 51.8 Å². The van der Waals surface area contributed by atoms with Crippen LogP contribution >= 0.6 is 0 Å². The summed E-state index contributed by atoms with van der Waals surface area (Å²) >= 11 is 0. The maximum atomic E-state index is 12.7. The number of ether oxygens (including phenoxy) is 1. The summed E-state index contributed by atoms with van der Waals surface area (Å²) in [5.41, 5.74) is 5.47. The predicted molar refractivity (Wildman–Crippen MR) is 76.2 cm³/mol. The van der Waals surface area contributed by atoms with E-state index in [1.165, 1.54) is 0 Å². The number of aromatic amines is 1. The Labute approximate surface area is 113 Å². The summed E-state index contributed by atoms with van der Waals surface area (Å²) in [7, 11) is 1.58. The highest BCUT2D eigenvalue weighted by Crippen LogP contribution is 2.25. The van der Waals surface area contributed by atoms with Crippen molar-refractivity contribution >= 4 is 5.78 Å². The summed E-state index contributed by atoms with van der Waals surface area (Å²) in [6, 6.07) is 5.64.